The third-order valence-corrected chi connectivity index (χ3v) is 6.12. The van der Waals surface area contributed by atoms with Gasteiger partial charge < -0.3 is 33.9 Å². The Bertz CT molecular complexity index is 853. The molecule has 0 spiro atoms. The van der Waals surface area contributed by atoms with Crippen LogP contribution < -0.4 is 9.47 Å². The summed E-state index contributed by atoms with van der Waals surface area (Å²) in [5, 5.41) is 9.54. The maximum absolute atomic E-state index is 13.8. The van der Waals surface area contributed by atoms with Crippen LogP contribution in [-0.2, 0) is 9.47 Å². The molecular weight excluding hydrogens is 464 g/mol. The van der Waals surface area contributed by atoms with E-state index in [1.165, 1.54) is 0 Å². The Balaban J connectivity index is 2.27. The lowest BCUT2D eigenvalue weighted by atomic mass is 9.94. The topological polar surface area (TPSA) is 97.8 Å². The van der Waals surface area contributed by atoms with Crippen LogP contribution in [0.25, 0.3) is 0 Å². The van der Waals surface area contributed by atoms with E-state index in [0.717, 1.165) is 6.42 Å². The molecule has 1 saturated heterocycles. The van der Waals surface area contributed by atoms with Crippen molar-refractivity contribution in [3.05, 3.63) is 23.8 Å². The Morgan fingerprint density at radius 1 is 1.14 bits per heavy atom. The average molecular weight is 509 g/mol. The summed E-state index contributed by atoms with van der Waals surface area (Å²) < 4.78 is 22.0. The summed E-state index contributed by atoms with van der Waals surface area (Å²) >= 11 is 0. The third kappa shape index (κ3) is 8.27. The van der Waals surface area contributed by atoms with Crippen molar-refractivity contribution in [1.29, 1.82) is 0 Å². The number of aliphatic hydroxyl groups excluding tert-OH is 1. The molecule has 36 heavy (non-hydrogen) atoms. The lowest BCUT2D eigenvalue weighted by Crippen LogP contribution is -2.57. The van der Waals surface area contributed by atoms with Crippen LogP contribution in [0.3, 0.4) is 0 Å². The van der Waals surface area contributed by atoms with Gasteiger partial charge in [0.25, 0.3) is 5.91 Å². The standard InChI is InChI=1S/C27H44N2O7/c1-19(2)29(22-11-10-21(13-14-30)28(18-22)26(32)36-27(3,4)5)25(31)20-9-12-23(34-7)24(17-20)35-16-8-15-33-6/h9,12,17,19,21-22,30H,8,10-11,13-16,18H2,1-7H3/t21-,22?/m1/s1. The SMILES string of the molecule is COCCCOc1cc(C(=O)N(C(C)C)C2CC[C@H](CCO)N(C(=O)OC(C)(C)C)C2)ccc1OC. The van der Waals surface area contributed by atoms with Gasteiger partial charge in [0, 0.05) is 50.9 Å². The van der Waals surface area contributed by atoms with Crippen molar-refractivity contribution in [2.75, 3.05) is 40.6 Å². The molecule has 2 atom stereocenters. The van der Waals surface area contributed by atoms with E-state index in [0.29, 0.717) is 56.1 Å². The molecule has 1 unspecified atom stereocenters. The average Bonchev–Trinajstić information content (AvgIpc) is 2.81. The maximum atomic E-state index is 13.8. The number of benzene rings is 1. The number of ether oxygens (including phenoxy) is 4. The van der Waals surface area contributed by atoms with E-state index < -0.39 is 11.7 Å². The summed E-state index contributed by atoms with van der Waals surface area (Å²) in [6, 6.07) is 4.79. The zero-order chi connectivity index (χ0) is 26.9. The second kappa shape index (κ2) is 13.7. The number of amides is 2. The predicted octanol–water partition coefficient (Wildman–Crippen LogP) is 4.11. The minimum Gasteiger partial charge on any atom is -0.493 e. The van der Waals surface area contributed by atoms with Crippen LogP contribution in [0.2, 0.25) is 0 Å². The van der Waals surface area contributed by atoms with Gasteiger partial charge in [-0.2, -0.15) is 0 Å². The molecule has 9 nitrogen and oxygen atoms in total. The van der Waals surface area contributed by atoms with Gasteiger partial charge in [-0.05, 0) is 72.1 Å². The first-order chi connectivity index (χ1) is 17.0. The van der Waals surface area contributed by atoms with Crippen molar-refractivity contribution in [1.82, 2.24) is 9.80 Å². The van der Waals surface area contributed by atoms with Gasteiger partial charge in [0.05, 0.1) is 19.8 Å². The molecule has 1 aliphatic heterocycles. The van der Waals surface area contributed by atoms with Crippen molar-refractivity contribution in [2.24, 2.45) is 0 Å². The highest BCUT2D eigenvalue weighted by Gasteiger charge is 2.38. The first-order valence-corrected chi connectivity index (χ1v) is 12.7. The van der Waals surface area contributed by atoms with E-state index >= 15 is 0 Å². The second-order valence-corrected chi connectivity index (χ2v) is 10.4. The van der Waals surface area contributed by atoms with E-state index in [9.17, 15) is 14.7 Å². The fourth-order valence-corrected chi connectivity index (χ4v) is 4.51. The maximum Gasteiger partial charge on any atom is 0.410 e. The molecule has 0 saturated carbocycles. The van der Waals surface area contributed by atoms with Crippen LogP contribution in [0.15, 0.2) is 18.2 Å². The molecule has 1 N–H and O–H groups in total. The summed E-state index contributed by atoms with van der Waals surface area (Å²) in [6.07, 6.45) is 2.18. The predicted molar refractivity (Wildman–Crippen MR) is 138 cm³/mol. The van der Waals surface area contributed by atoms with Gasteiger partial charge in [-0.25, -0.2) is 4.79 Å². The number of hydrogen-bond acceptors (Lipinski definition) is 7. The highest BCUT2D eigenvalue weighted by Crippen LogP contribution is 2.31. The van der Waals surface area contributed by atoms with Crippen LogP contribution in [0, 0.1) is 0 Å². The largest absolute Gasteiger partial charge is 0.493 e. The van der Waals surface area contributed by atoms with Gasteiger partial charge in [-0.3, -0.25) is 4.79 Å². The second-order valence-electron chi connectivity index (χ2n) is 10.4. The molecule has 1 heterocycles. The van der Waals surface area contributed by atoms with Crippen LogP contribution in [-0.4, -0.2) is 91.2 Å². The van der Waals surface area contributed by atoms with Gasteiger partial charge in [0.15, 0.2) is 11.5 Å². The van der Waals surface area contributed by atoms with Gasteiger partial charge in [0.1, 0.15) is 5.60 Å². The molecule has 2 rings (SSSR count). The van der Waals surface area contributed by atoms with Crippen molar-refractivity contribution >= 4 is 12.0 Å². The molecule has 0 bridgehead atoms. The number of rotatable bonds is 11. The van der Waals surface area contributed by atoms with Crippen molar-refractivity contribution in [3.8, 4) is 11.5 Å². The molecule has 204 valence electrons. The first-order valence-electron chi connectivity index (χ1n) is 12.7. The van der Waals surface area contributed by atoms with Crippen LogP contribution in [0.5, 0.6) is 11.5 Å². The number of piperidine rings is 1. The van der Waals surface area contributed by atoms with Crippen LogP contribution >= 0.6 is 0 Å². The number of carbonyl (C=O) groups excluding carboxylic acids is 2. The zero-order valence-electron chi connectivity index (χ0n) is 22.9. The number of nitrogens with zero attached hydrogens (tertiary/aromatic N) is 2. The minimum absolute atomic E-state index is 0.0134. The lowest BCUT2D eigenvalue weighted by molar-refractivity contribution is -0.00992. The van der Waals surface area contributed by atoms with E-state index in [-0.39, 0.29) is 30.6 Å². The highest BCUT2D eigenvalue weighted by atomic mass is 16.6. The first kappa shape index (κ1) is 29.7. The van der Waals surface area contributed by atoms with Gasteiger partial charge in [-0.1, -0.05) is 0 Å². The molecular formula is C27H44N2O7. The number of carbonyl (C=O) groups is 2. The summed E-state index contributed by atoms with van der Waals surface area (Å²) in [6.45, 7) is 10.8. The Kier molecular flexibility index (Phi) is 11.3. The smallest absolute Gasteiger partial charge is 0.410 e. The quantitative estimate of drug-likeness (QED) is 0.449. The normalized spacial score (nSPS) is 18.2. The Hall–Kier alpha value is -2.52. The van der Waals surface area contributed by atoms with Crippen LogP contribution in [0.1, 0.15) is 70.7 Å². The van der Waals surface area contributed by atoms with Crippen molar-refractivity contribution in [3.63, 3.8) is 0 Å². The monoisotopic (exact) mass is 508 g/mol. The molecule has 0 aliphatic carbocycles. The van der Waals surface area contributed by atoms with Gasteiger partial charge >= 0.3 is 6.09 Å². The Morgan fingerprint density at radius 3 is 2.44 bits per heavy atom. The van der Waals surface area contributed by atoms with E-state index in [1.807, 2.05) is 39.5 Å². The molecule has 1 aromatic rings. The minimum atomic E-state index is -0.635. The number of methoxy groups -OCH3 is 2. The van der Waals surface area contributed by atoms with Crippen molar-refractivity contribution < 1.29 is 33.6 Å². The zero-order valence-corrected chi connectivity index (χ0v) is 22.9. The van der Waals surface area contributed by atoms with E-state index in [1.54, 1.807) is 37.3 Å². The van der Waals surface area contributed by atoms with E-state index in [4.69, 9.17) is 18.9 Å². The van der Waals surface area contributed by atoms with Crippen molar-refractivity contribution in [2.45, 2.75) is 84.0 Å². The van der Waals surface area contributed by atoms with Gasteiger partial charge in [-0.15, -0.1) is 0 Å². The molecule has 1 aromatic carbocycles. The molecule has 0 aromatic heterocycles. The molecule has 9 heteroatoms. The molecule has 1 aliphatic rings. The number of hydrogen-bond donors (Lipinski definition) is 1. The highest BCUT2D eigenvalue weighted by molar-refractivity contribution is 5.95. The Morgan fingerprint density at radius 2 is 1.86 bits per heavy atom. The van der Waals surface area contributed by atoms with Gasteiger partial charge in [0.2, 0.25) is 0 Å². The summed E-state index contributed by atoms with van der Waals surface area (Å²) in [4.78, 5) is 30.3. The fourth-order valence-electron chi connectivity index (χ4n) is 4.51. The number of likely N-dealkylation sites (tertiary alicyclic amines) is 1. The summed E-state index contributed by atoms with van der Waals surface area (Å²) in [7, 11) is 3.21. The third-order valence-electron chi connectivity index (χ3n) is 6.12. The number of aliphatic hydroxyl groups is 1. The molecule has 1 fully saturated rings. The summed E-state index contributed by atoms with van der Waals surface area (Å²) in [5.41, 5.74) is -0.142. The van der Waals surface area contributed by atoms with Crippen LogP contribution in [0.4, 0.5) is 4.79 Å². The summed E-state index contributed by atoms with van der Waals surface area (Å²) in [5.74, 6) is 0.926. The fraction of sp³-hybridized carbons (Fsp3) is 0.704. The molecule has 0 radical (unpaired) electrons. The van der Waals surface area contributed by atoms with E-state index in [2.05, 4.69) is 0 Å². The Labute approximate surface area is 215 Å². The lowest BCUT2D eigenvalue weighted by Gasteiger charge is -2.45. The molecule has 2 amide bonds.